The Hall–Kier alpha value is -1.32. The second-order valence-corrected chi connectivity index (χ2v) is 1.62. The maximum absolute atomic E-state index is 12.4. The molecule has 0 aliphatic heterocycles. The van der Waals surface area contributed by atoms with E-state index in [4.69, 9.17) is 0 Å². The van der Waals surface area contributed by atoms with Crippen molar-refractivity contribution < 1.29 is 18.3 Å². The van der Waals surface area contributed by atoms with Crippen LogP contribution in [0.4, 0.5) is 4.39 Å². The Labute approximate surface area is 56.4 Å². The van der Waals surface area contributed by atoms with Gasteiger partial charge in [-0.25, -0.2) is 9.18 Å². The molecule has 0 unspecified atom stereocenters. The maximum Gasteiger partial charge on any atom is 0.344 e. The van der Waals surface area contributed by atoms with Gasteiger partial charge in [-0.2, -0.15) is 0 Å². The number of methoxy groups -OCH3 is 1. The standard InChI is InChI=1S/C6H5FO3/c1-9-6(8)4-2-10-3-5(4)7/h2-3H,1H3. The molecule has 0 spiro atoms. The van der Waals surface area contributed by atoms with Gasteiger partial charge in [0.25, 0.3) is 0 Å². The molecule has 4 heteroatoms. The quantitative estimate of drug-likeness (QED) is 0.556. The molecule has 1 aromatic heterocycles. The van der Waals surface area contributed by atoms with Gasteiger partial charge in [0.15, 0.2) is 5.82 Å². The van der Waals surface area contributed by atoms with Crippen molar-refractivity contribution in [2.75, 3.05) is 7.11 Å². The van der Waals surface area contributed by atoms with Crippen LogP contribution in [0.1, 0.15) is 10.4 Å². The van der Waals surface area contributed by atoms with Gasteiger partial charge in [0.1, 0.15) is 18.1 Å². The smallest absolute Gasteiger partial charge is 0.344 e. The van der Waals surface area contributed by atoms with Gasteiger partial charge in [0.2, 0.25) is 0 Å². The van der Waals surface area contributed by atoms with E-state index in [2.05, 4.69) is 9.15 Å². The van der Waals surface area contributed by atoms with Crippen molar-refractivity contribution in [3.63, 3.8) is 0 Å². The Balaban J connectivity index is 2.93. The molecule has 1 heterocycles. The van der Waals surface area contributed by atoms with Gasteiger partial charge >= 0.3 is 5.97 Å². The lowest BCUT2D eigenvalue weighted by atomic mass is 10.3. The van der Waals surface area contributed by atoms with Crippen LogP contribution < -0.4 is 0 Å². The minimum atomic E-state index is -0.730. The van der Waals surface area contributed by atoms with Gasteiger partial charge in [-0.1, -0.05) is 0 Å². The Kier molecular flexibility index (Phi) is 1.71. The third kappa shape index (κ3) is 1.00. The zero-order valence-electron chi connectivity index (χ0n) is 5.26. The summed E-state index contributed by atoms with van der Waals surface area (Å²) in [4.78, 5) is 10.6. The highest BCUT2D eigenvalue weighted by Crippen LogP contribution is 2.08. The van der Waals surface area contributed by atoms with E-state index in [0.717, 1.165) is 12.5 Å². The van der Waals surface area contributed by atoms with Crippen LogP contribution in [0, 0.1) is 5.82 Å². The van der Waals surface area contributed by atoms with E-state index in [1.54, 1.807) is 0 Å². The van der Waals surface area contributed by atoms with Crippen molar-refractivity contribution in [3.05, 3.63) is 23.9 Å². The average Bonchev–Trinajstić information content (AvgIpc) is 2.34. The Bertz CT molecular complexity index is 241. The molecule has 0 N–H and O–H groups in total. The highest BCUT2D eigenvalue weighted by Gasteiger charge is 2.13. The fourth-order valence-corrected chi connectivity index (χ4v) is 0.537. The number of hydrogen-bond acceptors (Lipinski definition) is 3. The topological polar surface area (TPSA) is 39.4 Å². The first kappa shape index (κ1) is 6.80. The minimum Gasteiger partial charge on any atom is -0.469 e. The minimum absolute atomic E-state index is 0.178. The third-order valence-corrected chi connectivity index (χ3v) is 1.02. The summed E-state index contributed by atoms with van der Waals surface area (Å²) in [6.07, 6.45) is 1.84. The van der Waals surface area contributed by atoms with Crippen molar-refractivity contribution in [2.24, 2.45) is 0 Å². The molecule has 0 aromatic carbocycles. The molecular formula is C6H5FO3. The van der Waals surface area contributed by atoms with E-state index in [-0.39, 0.29) is 5.56 Å². The van der Waals surface area contributed by atoms with E-state index in [1.807, 2.05) is 0 Å². The van der Waals surface area contributed by atoms with Crippen molar-refractivity contribution >= 4 is 5.97 Å². The molecule has 3 nitrogen and oxygen atoms in total. The highest BCUT2D eigenvalue weighted by molar-refractivity contribution is 5.89. The number of carbonyl (C=O) groups is 1. The van der Waals surface area contributed by atoms with Gasteiger partial charge < -0.3 is 9.15 Å². The number of furan rings is 1. The molecule has 0 aliphatic carbocycles. The van der Waals surface area contributed by atoms with E-state index in [0.29, 0.717) is 0 Å². The van der Waals surface area contributed by atoms with E-state index < -0.39 is 11.8 Å². The number of halogens is 1. The second-order valence-electron chi connectivity index (χ2n) is 1.62. The van der Waals surface area contributed by atoms with Gasteiger partial charge in [0, 0.05) is 0 Å². The van der Waals surface area contributed by atoms with E-state index in [1.165, 1.54) is 7.11 Å². The lowest BCUT2D eigenvalue weighted by Gasteiger charge is -1.91. The van der Waals surface area contributed by atoms with Crippen molar-refractivity contribution in [1.29, 1.82) is 0 Å². The Morgan fingerprint density at radius 1 is 1.70 bits per heavy atom. The molecular weight excluding hydrogens is 139 g/mol. The molecule has 0 fully saturated rings. The predicted octanol–water partition coefficient (Wildman–Crippen LogP) is 1.21. The predicted molar refractivity (Wildman–Crippen MR) is 30.0 cm³/mol. The van der Waals surface area contributed by atoms with Crippen LogP contribution in [0.5, 0.6) is 0 Å². The maximum atomic E-state index is 12.4. The van der Waals surface area contributed by atoms with Crippen LogP contribution in [-0.2, 0) is 4.74 Å². The van der Waals surface area contributed by atoms with Crippen LogP contribution in [0.25, 0.3) is 0 Å². The van der Waals surface area contributed by atoms with Crippen molar-refractivity contribution in [1.82, 2.24) is 0 Å². The number of ether oxygens (including phenoxy) is 1. The lowest BCUT2D eigenvalue weighted by Crippen LogP contribution is -2.00. The lowest BCUT2D eigenvalue weighted by molar-refractivity contribution is 0.0595. The number of esters is 1. The van der Waals surface area contributed by atoms with Gasteiger partial charge in [0.05, 0.1) is 7.11 Å². The van der Waals surface area contributed by atoms with E-state index in [9.17, 15) is 9.18 Å². The molecule has 0 saturated heterocycles. The summed E-state index contributed by atoms with van der Waals surface area (Å²) in [5, 5.41) is 0. The molecule has 0 amide bonds. The van der Waals surface area contributed by atoms with Crippen molar-refractivity contribution in [3.8, 4) is 0 Å². The average molecular weight is 144 g/mol. The summed E-state index contributed by atoms with van der Waals surface area (Å²) in [7, 11) is 1.18. The molecule has 1 aromatic rings. The van der Waals surface area contributed by atoms with Crippen LogP contribution >= 0.6 is 0 Å². The summed E-state index contributed by atoms with van der Waals surface area (Å²) in [6.45, 7) is 0. The van der Waals surface area contributed by atoms with Crippen LogP contribution in [-0.4, -0.2) is 13.1 Å². The molecule has 1 rings (SSSR count). The molecule has 10 heavy (non-hydrogen) atoms. The summed E-state index contributed by atoms with van der Waals surface area (Å²) in [6, 6.07) is 0. The number of carbonyl (C=O) groups excluding carboxylic acids is 1. The largest absolute Gasteiger partial charge is 0.469 e. The van der Waals surface area contributed by atoms with Crippen molar-refractivity contribution in [2.45, 2.75) is 0 Å². The van der Waals surface area contributed by atoms with Crippen LogP contribution in [0.15, 0.2) is 16.9 Å². The summed E-state index contributed by atoms with van der Waals surface area (Å²) in [5.41, 5.74) is -0.178. The zero-order chi connectivity index (χ0) is 7.56. The van der Waals surface area contributed by atoms with Gasteiger partial charge in [-0.05, 0) is 0 Å². The fourth-order valence-electron chi connectivity index (χ4n) is 0.537. The number of rotatable bonds is 1. The van der Waals surface area contributed by atoms with Crippen LogP contribution in [0.2, 0.25) is 0 Å². The third-order valence-electron chi connectivity index (χ3n) is 1.02. The van der Waals surface area contributed by atoms with Crippen LogP contribution in [0.3, 0.4) is 0 Å². The second kappa shape index (κ2) is 2.51. The summed E-state index contributed by atoms with van der Waals surface area (Å²) >= 11 is 0. The van der Waals surface area contributed by atoms with Gasteiger partial charge in [-0.3, -0.25) is 0 Å². The molecule has 0 radical (unpaired) electrons. The normalized spacial score (nSPS) is 9.40. The zero-order valence-corrected chi connectivity index (χ0v) is 5.26. The monoisotopic (exact) mass is 144 g/mol. The molecule has 0 atom stereocenters. The first-order valence-electron chi connectivity index (χ1n) is 2.55. The summed E-state index contributed by atoms with van der Waals surface area (Å²) < 4.78 is 21.0. The molecule has 0 aliphatic rings. The van der Waals surface area contributed by atoms with Gasteiger partial charge in [-0.15, -0.1) is 0 Å². The first-order chi connectivity index (χ1) is 4.75. The fraction of sp³-hybridized carbons (Fsp3) is 0.167. The summed E-state index contributed by atoms with van der Waals surface area (Å²) in [5.74, 6) is -1.43. The number of hydrogen-bond donors (Lipinski definition) is 0. The molecule has 0 saturated carbocycles. The first-order valence-corrected chi connectivity index (χ1v) is 2.55. The highest BCUT2D eigenvalue weighted by atomic mass is 19.1. The molecule has 0 bridgehead atoms. The molecule has 54 valence electrons. The Morgan fingerprint density at radius 3 is 2.80 bits per heavy atom. The van der Waals surface area contributed by atoms with E-state index >= 15 is 0 Å². The Morgan fingerprint density at radius 2 is 2.40 bits per heavy atom. The SMILES string of the molecule is COC(=O)c1cocc1F.